The molecule has 0 heterocycles. The van der Waals surface area contributed by atoms with Crippen LogP contribution in [-0.2, 0) is 4.79 Å². The summed E-state index contributed by atoms with van der Waals surface area (Å²) < 4.78 is 37.5. The molecule has 0 bridgehead atoms. The zero-order valence-corrected chi connectivity index (χ0v) is 8.16. The highest BCUT2D eigenvalue weighted by atomic mass is 19.4. The van der Waals surface area contributed by atoms with Crippen molar-refractivity contribution in [3.8, 4) is 0 Å². The third-order valence-electron chi connectivity index (χ3n) is 3.34. The summed E-state index contributed by atoms with van der Waals surface area (Å²) in [5.74, 6) is -0.649. The van der Waals surface area contributed by atoms with Crippen molar-refractivity contribution in [2.45, 2.75) is 49.4 Å². The van der Waals surface area contributed by atoms with Gasteiger partial charge in [0.05, 0.1) is 5.54 Å². The molecule has 0 atom stereocenters. The van der Waals surface area contributed by atoms with E-state index in [2.05, 4.69) is 5.32 Å². The highest BCUT2D eigenvalue weighted by molar-refractivity contribution is 5.88. The van der Waals surface area contributed by atoms with Gasteiger partial charge in [-0.05, 0) is 32.1 Å². The molecule has 2 rings (SSSR count). The molecule has 0 spiro atoms. The molecule has 2 aliphatic rings. The van der Waals surface area contributed by atoms with Crippen molar-refractivity contribution < 1.29 is 18.0 Å². The van der Waals surface area contributed by atoms with Crippen molar-refractivity contribution in [2.24, 2.45) is 5.73 Å². The smallest absolute Gasteiger partial charge is 0.340 e. The highest BCUT2D eigenvalue weighted by Gasteiger charge is 2.65. The predicted molar refractivity (Wildman–Crippen MR) is 46.9 cm³/mol. The molecule has 0 aliphatic heterocycles. The van der Waals surface area contributed by atoms with E-state index in [-0.39, 0.29) is 12.8 Å². The molecule has 3 N–H and O–H groups in total. The van der Waals surface area contributed by atoms with Gasteiger partial charge in [0.1, 0.15) is 5.54 Å². The second-order valence-electron chi connectivity index (χ2n) is 4.54. The number of hydrogen-bond donors (Lipinski definition) is 2. The molecular formula is C9H13F3N2O. The van der Waals surface area contributed by atoms with E-state index >= 15 is 0 Å². The van der Waals surface area contributed by atoms with Gasteiger partial charge in [-0.2, -0.15) is 13.2 Å². The molecule has 0 aromatic rings. The van der Waals surface area contributed by atoms with E-state index in [0.717, 1.165) is 6.42 Å². The van der Waals surface area contributed by atoms with Crippen molar-refractivity contribution in [3.63, 3.8) is 0 Å². The van der Waals surface area contributed by atoms with Crippen LogP contribution in [0.15, 0.2) is 0 Å². The van der Waals surface area contributed by atoms with Crippen molar-refractivity contribution in [1.29, 1.82) is 0 Å². The first-order chi connectivity index (χ1) is 6.79. The van der Waals surface area contributed by atoms with E-state index < -0.39 is 23.2 Å². The first-order valence-corrected chi connectivity index (χ1v) is 4.97. The van der Waals surface area contributed by atoms with Crippen LogP contribution < -0.4 is 11.1 Å². The summed E-state index contributed by atoms with van der Waals surface area (Å²) in [4.78, 5) is 11.5. The Bertz CT molecular complexity index is 292. The maximum absolute atomic E-state index is 12.5. The topological polar surface area (TPSA) is 55.1 Å². The Morgan fingerprint density at radius 1 is 1.20 bits per heavy atom. The molecule has 2 aliphatic carbocycles. The van der Waals surface area contributed by atoms with Crippen LogP contribution in [0.25, 0.3) is 0 Å². The number of hydrogen-bond acceptors (Lipinski definition) is 2. The second-order valence-corrected chi connectivity index (χ2v) is 4.54. The van der Waals surface area contributed by atoms with Gasteiger partial charge in [-0.15, -0.1) is 0 Å². The lowest BCUT2D eigenvalue weighted by Gasteiger charge is -2.37. The van der Waals surface area contributed by atoms with E-state index in [1.54, 1.807) is 0 Å². The maximum atomic E-state index is 12.5. The normalized spacial score (nSPS) is 26.7. The quantitative estimate of drug-likeness (QED) is 0.734. The van der Waals surface area contributed by atoms with Crippen molar-refractivity contribution in [3.05, 3.63) is 0 Å². The van der Waals surface area contributed by atoms with Gasteiger partial charge in [0.2, 0.25) is 5.91 Å². The van der Waals surface area contributed by atoms with Gasteiger partial charge in [-0.1, -0.05) is 0 Å². The number of nitrogens with one attached hydrogen (secondary N) is 1. The molecule has 0 aromatic carbocycles. The molecule has 0 aromatic heterocycles. The van der Waals surface area contributed by atoms with Crippen LogP contribution in [0, 0.1) is 0 Å². The third kappa shape index (κ3) is 1.60. The second kappa shape index (κ2) is 2.87. The van der Waals surface area contributed by atoms with Gasteiger partial charge >= 0.3 is 6.18 Å². The van der Waals surface area contributed by atoms with Crippen molar-refractivity contribution >= 4 is 5.91 Å². The first kappa shape index (κ1) is 10.7. The molecular weight excluding hydrogens is 209 g/mol. The number of amides is 1. The fraction of sp³-hybridized carbons (Fsp3) is 0.889. The van der Waals surface area contributed by atoms with E-state index in [0.29, 0.717) is 12.8 Å². The lowest BCUT2D eigenvalue weighted by atomic mass is 9.77. The summed E-state index contributed by atoms with van der Waals surface area (Å²) in [5.41, 5.74) is 2.61. The molecule has 6 heteroatoms. The van der Waals surface area contributed by atoms with Crippen LogP contribution in [0.1, 0.15) is 32.1 Å². The summed E-state index contributed by atoms with van der Waals surface area (Å²) in [6, 6.07) is 0. The molecule has 0 unspecified atom stereocenters. The zero-order valence-electron chi connectivity index (χ0n) is 8.16. The Balaban J connectivity index is 2.01. The summed E-state index contributed by atoms with van der Waals surface area (Å²) in [5, 5.41) is 2.06. The average molecular weight is 222 g/mol. The molecule has 2 fully saturated rings. The molecule has 1 amide bonds. The minimum atomic E-state index is -4.36. The first-order valence-electron chi connectivity index (χ1n) is 4.97. The minimum absolute atomic E-state index is 0.0294. The van der Waals surface area contributed by atoms with Crippen molar-refractivity contribution in [1.82, 2.24) is 5.32 Å². The van der Waals surface area contributed by atoms with Gasteiger partial charge in [0, 0.05) is 0 Å². The fourth-order valence-corrected chi connectivity index (χ4v) is 1.73. The number of alkyl halides is 3. The minimum Gasteiger partial charge on any atom is -0.340 e. The van der Waals surface area contributed by atoms with Crippen LogP contribution in [0.2, 0.25) is 0 Å². The van der Waals surface area contributed by atoms with Gasteiger partial charge in [0.25, 0.3) is 0 Å². The van der Waals surface area contributed by atoms with E-state index in [9.17, 15) is 18.0 Å². The number of halogens is 3. The van der Waals surface area contributed by atoms with Gasteiger partial charge in [0.15, 0.2) is 0 Å². The number of nitrogens with two attached hydrogens (primary N) is 1. The summed E-state index contributed by atoms with van der Waals surface area (Å²) >= 11 is 0. The average Bonchev–Trinajstić information content (AvgIpc) is 2.79. The number of carbonyl (C=O) groups is 1. The Morgan fingerprint density at radius 3 is 2.00 bits per heavy atom. The summed E-state index contributed by atoms with van der Waals surface area (Å²) in [7, 11) is 0. The molecule has 2 saturated carbocycles. The Hall–Kier alpha value is -0.780. The standard InChI is InChI=1S/C9H13F3N2O/c10-9(11,12)8(4-5-8)14-6(15)7(13)2-1-3-7/h1-5,13H2,(H,14,15). The lowest BCUT2D eigenvalue weighted by Crippen LogP contribution is -2.62. The molecule has 15 heavy (non-hydrogen) atoms. The van der Waals surface area contributed by atoms with Crippen LogP contribution >= 0.6 is 0 Å². The van der Waals surface area contributed by atoms with E-state index in [1.807, 2.05) is 0 Å². The van der Waals surface area contributed by atoms with Crippen LogP contribution in [-0.4, -0.2) is 23.2 Å². The third-order valence-corrected chi connectivity index (χ3v) is 3.34. The number of rotatable bonds is 2. The number of carbonyl (C=O) groups excluding carboxylic acids is 1. The fourth-order valence-electron chi connectivity index (χ4n) is 1.73. The summed E-state index contributed by atoms with van der Waals surface area (Å²) in [6.45, 7) is 0. The van der Waals surface area contributed by atoms with Gasteiger partial charge in [-0.3, -0.25) is 4.79 Å². The monoisotopic (exact) mass is 222 g/mol. The van der Waals surface area contributed by atoms with Crippen LogP contribution in [0.5, 0.6) is 0 Å². The Kier molecular flexibility index (Phi) is 2.05. The lowest BCUT2D eigenvalue weighted by molar-refractivity contribution is -0.172. The van der Waals surface area contributed by atoms with Gasteiger partial charge in [-0.25, -0.2) is 0 Å². The van der Waals surface area contributed by atoms with Crippen molar-refractivity contribution in [2.75, 3.05) is 0 Å². The predicted octanol–water partition coefficient (Wildman–Crippen LogP) is 1.08. The highest BCUT2D eigenvalue weighted by Crippen LogP contribution is 2.49. The van der Waals surface area contributed by atoms with E-state index in [1.165, 1.54) is 0 Å². The van der Waals surface area contributed by atoms with Crippen LogP contribution in [0.3, 0.4) is 0 Å². The SMILES string of the molecule is NC1(C(=O)NC2(C(F)(F)F)CC2)CCC1. The zero-order chi connectivity index (χ0) is 11.3. The molecule has 0 saturated heterocycles. The largest absolute Gasteiger partial charge is 0.411 e. The Morgan fingerprint density at radius 2 is 1.73 bits per heavy atom. The molecule has 0 radical (unpaired) electrons. The van der Waals surface area contributed by atoms with Crippen LogP contribution in [0.4, 0.5) is 13.2 Å². The van der Waals surface area contributed by atoms with E-state index in [4.69, 9.17) is 5.73 Å². The molecule has 86 valence electrons. The summed E-state index contributed by atoms with van der Waals surface area (Å²) in [6.07, 6.45) is -2.65. The maximum Gasteiger partial charge on any atom is 0.411 e. The van der Waals surface area contributed by atoms with Gasteiger partial charge < -0.3 is 11.1 Å². The molecule has 3 nitrogen and oxygen atoms in total. The Labute approximate surface area is 85.2 Å².